The molecule has 0 aromatic heterocycles. The molecule has 30 heavy (non-hydrogen) atoms. The van der Waals surface area contributed by atoms with Crippen molar-refractivity contribution in [1.82, 2.24) is 9.80 Å². The van der Waals surface area contributed by atoms with Gasteiger partial charge in [0.15, 0.2) is 0 Å². The van der Waals surface area contributed by atoms with E-state index < -0.39 is 6.16 Å². The van der Waals surface area contributed by atoms with E-state index in [0.29, 0.717) is 43.1 Å². The molecule has 0 atom stereocenters. The number of hydrogen-bond donors (Lipinski definition) is 0. The maximum absolute atomic E-state index is 12.8. The molecule has 1 fully saturated rings. The van der Waals surface area contributed by atoms with Crippen LogP contribution < -0.4 is 4.74 Å². The molecule has 158 valence electrons. The van der Waals surface area contributed by atoms with Gasteiger partial charge in [0.2, 0.25) is 0 Å². The first kappa shape index (κ1) is 21.4. The fourth-order valence-corrected chi connectivity index (χ4v) is 3.26. The second-order valence-electron chi connectivity index (χ2n) is 7.19. The largest absolute Gasteiger partial charge is 0.513 e. The Kier molecular flexibility index (Phi) is 6.72. The molecule has 0 aliphatic carbocycles. The molecule has 7 nitrogen and oxygen atoms in total. The predicted molar refractivity (Wildman–Crippen MR) is 112 cm³/mol. The summed E-state index contributed by atoms with van der Waals surface area (Å²) in [6, 6.07) is 12.1. The van der Waals surface area contributed by atoms with Crippen LogP contribution in [0.5, 0.6) is 5.75 Å². The molecule has 2 aromatic carbocycles. The van der Waals surface area contributed by atoms with Crippen molar-refractivity contribution in [2.75, 3.05) is 32.8 Å². The second kappa shape index (κ2) is 9.43. The molecule has 1 heterocycles. The summed E-state index contributed by atoms with van der Waals surface area (Å²) in [6.45, 7) is 7.84. The van der Waals surface area contributed by atoms with Crippen molar-refractivity contribution < 1.29 is 23.9 Å². The van der Waals surface area contributed by atoms with Gasteiger partial charge in [-0.05, 0) is 68.3 Å². The number of aryl methyl sites for hydroxylation is 2. The van der Waals surface area contributed by atoms with E-state index in [9.17, 15) is 14.4 Å². The van der Waals surface area contributed by atoms with E-state index in [2.05, 4.69) is 0 Å². The van der Waals surface area contributed by atoms with Gasteiger partial charge in [0, 0.05) is 37.3 Å². The lowest BCUT2D eigenvalue weighted by molar-refractivity contribution is 0.0535. The minimum absolute atomic E-state index is 0.00864. The van der Waals surface area contributed by atoms with E-state index >= 15 is 0 Å². The number of benzene rings is 2. The monoisotopic (exact) mass is 410 g/mol. The minimum Gasteiger partial charge on any atom is -0.434 e. The number of ether oxygens (including phenoxy) is 2. The van der Waals surface area contributed by atoms with Crippen molar-refractivity contribution in [2.45, 2.75) is 20.8 Å². The smallest absolute Gasteiger partial charge is 0.434 e. The Morgan fingerprint density at radius 2 is 1.33 bits per heavy atom. The van der Waals surface area contributed by atoms with Crippen LogP contribution in [0.1, 0.15) is 38.8 Å². The molecule has 0 N–H and O–H groups in total. The zero-order valence-corrected chi connectivity index (χ0v) is 17.5. The molecule has 1 saturated heterocycles. The zero-order chi connectivity index (χ0) is 21.7. The van der Waals surface area contributed by atoms with Crippen LogP contribution in [0.4, 0.5) is 4.79 Å². The summed E-state index contributed by atoms with van der Waals surface area (Å²) in [5, 5.41) is 0. The predicted octanol–water partition coefficient (Wildman–Crippen LogP) is 3.44. The minimum atomic E-state index is -0.777. The van der Waals surface area contributed by atoms with Crippen LogP contribution in [0.25, 0.3) is 0 Å². The van der Waals surface area contributed by atoms with E-state index in [-0.39, 0.29) is 18.4 Å². The topological polar surface area (TPSA) is 76.2 Å². The fourth-order valence-electron chi connectivity index (χ4n) is 3.26. The molecule has 1 aliphatic heterocycles. The molecule has 2 aromatic rings. The van der Waals surface area contributed by atoms with Crippen LogP contribution in [0.3, 0.4) is 0 Å². The third kappa shape index (κ3) is 4.97. The molecular weight excluding hydrogens is 384 g/mol. The zero-order valence-electron chi connectivity index (χ0n) is 17.5. The van der Waals surface area contributed by atoms with Crippen LogP contribution in [0, 0.1) is 13.8 Å². The SMILES string of the molecule is CCOC(=O)Oc1ccc(C(=O)N2CCN(C(=O)c3ccc(C)c(C)c3)CC2)cc1. The van der Waals surface area contributed by atoms with Crippen molar-refractivity contribution in [2.24, 2.45) is 0 Å². The lowest BCUT2D eigenvalue weighted by atomic mass is 10.1. The van der Waals surface area contributed by atoms with Gasteiger partial charge >= 0.3 is 6.16 Å². The molecule has 2 amide bonds. The van der Waals surface area contributed by atoms with Gasteiger partial charge in [-0.25, -0.2) is 4.79 Å². The van der Waals surface area contributed by atoms with Crippen LogP contribution >= 0.6 is 0 Å². The Morgan fingerprint density at radius 1 is 0.800 bits per heavy atom. The molecule has 0 saturated carbocycles. The summed E-state index contributed by atoms with van der Waals surface area (Å²) in [4.78, 5) is 40.4. The third-order valence-electron chi connectivity index (χ3n) is 5.17. The molecular formula is C23H26N2O5. The van der Waals surface area contributed by atoms with Gasteiger partial charge in [-0.1, -0.05) is 6.07 Å². The maximum atomic E-state index is 12.8. The van der Waals surface area contributed by atoms with Crippen LogP contribution in [0.2, 0.25) is 0 Å². The molecule has 1 aliphatic rings. The standard InChI is InChI=1S/C23H26N2O5/c1-4-29-23(28)30-20-9-7-18(8-10-20)21(26)24-11-13-25(14-12-24)22(27)19-6-5-16(2)17(3)15-19/h5-10,15H,4,11-14H2,1-3H3. The van der Waals surface area contributed by atoms with Gasteiger partial charge in [-0.3, -0.25) is 9.59 Å². The van der Waals surface area contributed by atoms with Crippen molar-refractivity contribution in [3.05, 3.63) is 64.7 Å². The first-order valence-corrected chi connectivity index (χ1v) is 9.99. The molecule has 0 spiro atoms. The van der Waals surface area contributed by atoms with Crippen molar-refractivity contribution >= 4 is 18.0 Å². The molecule has 0 unspecified atom stereocenters. The Bertz CT molecular complexity index is 931. The Labute approximate surface area is 176 Å². The van der Waals surface area contributed by atoms with Gasteiger partial charge < -0.3 is 19.3 Å². The first-order chi connectivity index (χ1) is 14.4. The number of carbonyl (C=O) groups is 3. The highest BCUT2D eigenvalue weighted by Gasteiger charge is 2.25. The average molecular weight is 410 g/mol. The Hall–Kier alpha value is -3.35. The van der Waals surface area contributed by atoms with Crippen LogP contribution in [-0.4, -0.2) is 60.6 Å². The second-order valence-corrected chi connectivity index (χ2v) is 7.19. The summed E-state index contributed by atoms with van der Waals surface area (Å²) in [7, 11) is 0. The number of piperazine rings is 1. The van der Waals surface area contributed by atoms with Crippen molar-refractivity contribution in [3.63, 3.8) is 0 Å². The summed E-state index contributed by atoms with van der Waals surface area (Å²) in [6.07, 6.45) is -0.777. The fraction of sp³-hybridized carbons (Fsp3) is 0.348. The van der Waals surface area contributed by atoms with E-state index in [4.69, 9.17) is 9.47 Å². The van der Waals surface area contributed by atoms with Gasteiger partial charge in [0.1, 0.15) is 5.75 Å². The number of rotatable bonds is 4. The summed E-state index contributed by atoms with van der Waals surface area (Å²) in [5.74, 6) is 0.190. The quantitative estimate of drug-likeness (QED) is 0.570. The van der Waals surface area contributed by atoms with Gasteiger partial charge in [0.05, 0.1) is 6.61 Å². The lowest BCUT2D eigenvalue weighted by Gasteiger charge is -2.35. The van der Waals surface area contributed by atoms with Gasteiger partial charge in [0.25, 0.3) is 11.8 Å². The first-order valence-electron chi connectivity index (χ1n) is 9.99. The number of nitrogens with zero attached hydrogens (tertiary/aromatic N) is 2. The lowest BCUT2D eigenvalue weighted by Crippen LogP contribution is -2.50. The van der Waals surface area contributed by atoms with E-state index in [1.807, 2.05) is 32.0 Å². The normalized spacial score (nSPS) is 13.7. The highest BCUT2D eigenvalue weighted by atomic mass is 16.7. The third-order valence-corrected chi connectivity index (χ3v) is 5.17. The highest BCUT2D eigenvalue weighted by molar-refractivity contribution is 5.96. The van der Waals surface area contributed by atoms with Crippen molar-refractivity contribution in [3.8, 4) is 5.75 Å². The highest BCUT2D eigenvalue weighted by Crippen LogP contribution is 2.17. The Balaban J connectivity index is 1.56. The summed E-state index contributed by atoms with van der Waals surface area (Å²) in [5.41, 5.74) is 3.42. The van der Waals surface area contributed by atoms with Gasteiger partial charge in [-0.15, -0.1) is 0 Å². The van der Waals surface area contributed by atoms with E-state index in [1.165, 1.54) is 0 Å². The van der Waals surface area contributed by atoms with Crippen molar-refractivity contribution in [1.29, 1.82) is 0 Å². The molecule has 0 bridgehead atoms. The van der Waals surface area contributed by atoms with Gasteiger partial charge in [-0.2, -0.15) is 0 Å². The van der Waals surface area contributed by atoms with Crippen LogP contribution in [0.15, 0.2) is 42.5 Å². The maximum Gasteiger partial charge on any atom is 0.513 e. The summed E-state index contributed by atoms with van der Waals surface area (Å²) < 4.78 is 9.73. The number of hydrogen-bond acceptors (Lipinski definition) is 5. The molecule has 7 heteroatoms. The van der Waals surface area contributed by atoms with E-state index in [0.717, 1.165) is 11.1 Å². The summed E-state index contributed by atoms with van der Waals surface area (Å²) >= 11 is 0. The van der Waals surface area contributed by atoms with E-state index in [1.54, 1.807) is 41.0 Å². The number of carbonyl (C=O) groups excluding carboxylic acids is 3. The number of amides is 2. The van der Waals surface area contributed by atoms with Crippen LogP contribution in [-0.2, 0) is 4.74 Å². The average Bonchev–Trinajstić information content (AvgIpc) is 2.75. The molecule has 0 radical (unpaired) electrons. The molecule has 3 rings (SSSR count). The Morgan fingerprint density at radius 3 is 1.87 bits per heavy atom.